The second-order valence-corrected chi connectivity index (χ2v) is 7.68. The van der Waals surface area contributed by atoms with Gasteiger partial charge in [0.2, 0.25) is 0 Å². The van der Waals surface area contributed by atoms with Gasteiger partial charge in [0.25, 0.3) is 5.91 Å². The topological polar surface area (TPSA) is 23.6 Å². The number of amides is 1. The predicted molar refractivity (Wildman–Crippen MR) is 93.9 cm³/mol. The summed E-state index contributed by atoms with van der Waals surface area (Å²) in [6.45, 7) is 4.26. The normalized spacial score (nSPS) is 23.5. The van der Waals surface area contributed by atoms with Gasteiger partial charge in [-0.25, -0.2) is 0 Å². The van der Waals surface area contributed by atoms with E-state index >= 15 is 0 Å². The minimum Gasteiger partial charge on any atom is -0.334 e. The van der Waals surface area contributed by atoms with Gasteiger partial charge in [-0.15, -0.1) is 0 Å². The molecule has 22 heavy (non-hydrogen) atoms. The second-order valence-electron chi connectivity index (χ2n) is 6.10. The summed E-state index contributed by atoms with van der Waals surface area (Å²) < 4.78 is 0. The number of thioether (sulfide) groups is 1. The van der Waals surface area contributed by atoms with Crippen LogP contribution in [-0.2, 0) is 0 Å². The van der Waals surface area contributed by atoms with Crippen LogP contribution in [0.25, 0.3) is 0 Å². The van der Waals surface area contributed by atoms with Gasteiger partial charge in [0.05, 0.1) is 6.04 Å². The Morgan fingerprint density at radius 2 is 1.86 bits per heavy atom. The number of likely N-dealkylation sites (tertiary alicyclic amines) is 1. The van der Waals surface area contributed by atoms with Crippen LogP contribution in [0.15, 0.2) is 24.3 Å². The summed E-state index contributed by atoms with van der Waals surface area (Å²) in [5.41, 5.74) is 0.753. The minimum atomic E-state index is 0.156. The minimum absolute atomic E-state index is 0.156. The third-order valence-electron chi connectivity index (χ3n) is 4.46. The molecule has 0 spiro atoms. The van der Waals surface area contributed by atoms with Crippen molar-refractivity contribution in [3.8, 4) is 0 Å². The molecule has 1 unspecified atom stereocenters. The summed E-state index contributed by atoms with van der Waals surface area (Å²) in [5.74, 6) is 2.36. The lowest BCUT2D eigenvalue weighted by Crippen LogP contribution is -2.47. The molecule has 2 heterocycles. The third-order valence-corrected chi connectivity index (χ3v) is 5.91. The van der Waals surface area contributed by atoms with Gasteiger partial charge in [-0.1, -0.05) is 11.6 Å². The van der Waals surface area contributed by atoms with Gasteiger partial charge in [-0.3, -0.25) is 4.79 Å². The number of hydrogen-bond acceptors (Lipinski definition) is 3. The summed E-state index contributed by atoms with van der Waals surface area (Å²) in [6, 6.07) is 7.62. The lowest BCUT2D eigenvalue weighted by molar-refractivity contribution is 0.0666. The molecule has 0 aromatic heterocycles. The van der Waals surface area contributed by atoms with Crippen molar-refractivity contribution < 1.29 is 4.79 Å². The van der Waals surface area contributed by atoms with E-state index in [9.17, 15) is 4.79 Å². The molecule has 0 N–H and O–H groups in total. The first-order valence-corrected chi connectivity index (χ1v) is 9.64. The molecule has 1 atom stereocenters. The van der Waals surface area contributed by atoms with Gasteiger partial charge in [0.15, 0.2) is 0 Å². The first kappa shape index (κ1) is 16.2. The van der Waals surface area contributed by atoms with Crippen LogP contribution >= 0.6 is 23.4 Å². The van der Waals surface area contributed by atoms with Crippen LogP contribution in [0.1, 0.15) is 29.6 Å². The van der Waals surface area contributed by atoms with E-state index in [-0.39, 0.29) is 5.91 Å². The Labute approximate surface area is 142 Å². The highest BCUT2D eigenvalue weighted by Gasteiger charge is 2.28. The fourth-order valence-electron chi connectivity index (χ4n) is 3.27. The average molecular weight is 339 g/mol. The molecule has 3 nitrogen and oxygen atoms in total. The third kappa shape index (κ3) is 3.98. The van der Waals surface area contributed by atoms with E-state index in [1.807, 2.05) is 23.9 Å². The number of carbonyl (C=O) groups is 1. The van der Waals surface area contributed by atoms with E-state index in [2.05, 4.69) is 9.80 Å². The van der Waals surface area contributed by atoms with Crippen LogP contribution in [0.3, 0.4) is 0 Å². The SMILES string of the molecule is O=C(c1ccc(Cl)cc1)N1CCCSCC1CN1CCCC1. The van der Waals surface area contributed by atoms with Crippen LogP contribution in [0.5, 0.6) is 0 Å². The predicted octanol–water partition coefficient (Wildman–Crippen LogP) is 3.38. The van der Waals surface area contributed by atoms with E-state index in [1.54, 1.807) is 12.1 Å². The zero-order chi connectivity index (χ0) is 15.4. The Bertz CT molecular complexity index is 502. The van der Waals surface area contributed by atoms with Crippen molar-refractivity contribution in [1.82, 2.24) is 9.80 Å². The van der Waals surface area contributed by atoms with Gasteiger partial charge in [-0.05, 0) is 62.4 Å². The van der Waals surface area contributed by atoms with Crippen molar-refractivity contribution in [1.29, 1.82) is 0 Å². The molecule has 3 rings (SSSR count). The Morgan fingerprint density at radius 1 is 1.14 bits per heavy atom. The molecule has 0 aliphatic carbocycles. The molecule has 120 valence electrons. The number of carbonyl (C=O) groups excluding carboxylic acids is 1. The number of nitrogens with zero attached hydrogens (tertiary/aromatic N) is 2. The molecule has 2 aliphatic heterocycles. The Hall–Kier alpha value is -0.710. The zero-order valence-corrected chi connectivity index (χ0v) is 14.4. The van der Waals surface area contributed by atoms with Gasteiger partial charge in [0.1, 0.15) is 0 Å². The van der Waals surface area contributed by atoms with E-state index in [1.165, 1.54) is 25.9 Å². The highest BCUT2D eigenvalue weighted by molar-refractivity contribution is 7.99. The van der Waals surface area contributed by atoms with Crippen molar-refractivity contribution in [2.45, 2.75) is 25.3 Å². The molecular formula is C17H23ClN2OS. The van der Waals surface area contributed by atoms with Crippen LogP contribution < -0.4 is 0 Å². The Morgan fingerprint density at radius 3 is 2.59 bits per heavy atom. The van der Waals surface area contributed by atoms with Crippen LogP contribution in [0.2, 0.25) is 5.02 Å². The maximum Gasteiger partial charge on any atom is 0.254 e. The molecule has 0 saturated carbocycles. The number of hydrogen-bond donors (Lipinski definition) is 0. The van der Waals surface area contributed by atoms with Gasteiger partial charge in [0, 0.05) is 29.4 Å². The molecular weight excluding hydrogens is 316 g/mol. The molecule has 1 amide bonds. The molecule has 2 fully saturated rings. The standard InChI is InChI=1S/C17H23ClN2OS/c18-15-6-4-14(5-7-15)17(21)20-10-3-11-22-13-16(20)12-19-8-1-2-9-19/h4-7,16H,1-3,8-13H2. The number of halogens is 1. The summed E-state index contributed by atoms with van der Waals surface area (Å²) in [5, 5.41) is 0.677. The Kier molecular flexibility index (Phi) is 5.66. The molecule has 1 aromatic carbocycles. The lowest BCUT2D eigenvalue weighted by atomic mass is 10.1. The van der Waals surface area contributed by atoms with Gasteiger partial charge >= 0.3 is 0 Å². The first-order valence-electron chi connectivity index (χ1n) is 8.11. The second kappa shape index (κ2) is 7.71. The molecule has 2 saturated heterocycles. The van der Waals surface area contributed by atoms with E-state index in [4.69, 9.17) is 11.6 Å². The maximum atomic E-state index is 12.9. The molecule has 0 radical (unpaired) electrons. The van der Waals surface area contributed by atoms with Crippen LogP contribution in [-0.4, -0.2) is 59.4 Å². The highest BCUT2D eigenvalue weighted by Crippen LogP contribution is 2.22. The molecule has 1 aromatic rings. The summed E-state index contributed by atoms with van der Waals surface area (Å²) >= 11 is 7.92. The van der Waals surface area contributed by atoms with Gasteiger partial charge in [-0.2, -0.15) is 11.8 Å². The van der Waals surface area contributed by atoms with Crippen molar-refractivity contribution >= 4 is 29.3 Å². The van der Waals surface area contributed by atoms with Crippen molar-refractivity contribution in [2.75, 3.05) is 37.7 Å². The van der Waals surface area contributed by atoms with Crippen LogP contribution in [0.4, 0.5) is 0 Å². The van der Waals surface area contributed by atoms with Crippen molar-refractivity contribution in [3.05, 3.63) is 34.9 Å². The quantitative estimate of drug-likeness (QED) is 0.844. The Balaban J connectivity index is 1.73. The van der Waals surface area contributed by atoms with Crippen molar-refractivity contribution in [2.24, 2.45) is 0 Å². The molecule has 2 aliphatic rings. The van der Waals surface area contributed by atoms with Crippen LogP contribution in [0, 0.1) is 0 Å². The fourth-order valence-corrected chi connectivity index (χ4v) is 4.45. The molecule has 5 heteroatoms. The van der Waals surface area contributed by atoms with E-state index < -0.39 is 0 Å². The van der Waals surface area contributed by atoms with Crippen molar-refractivity contribution in [3.63, 3.8) is 0 Å². The number of rotatable bonds is 3. The molecule has 0 bridgehead atoms. The van der Waals surface area contributed by atoms with Gasteiger partial charge < -0.3 is 9.80 Å². The summed E-state index contributed by atoms with van der Waals surface area (Å²) in [6.07, 6.45) is 3.68. The van der Waals surface area contributed by atoms with E-state index in [0.29, 0.717) is 11.1 Å². The average Bonchev–Trinajstić information content (AvgIpc) is 2.92. The first-order chi connectivity index (χ1) is 10.7. The summed E-state index contributed by atoms with van der Waals surface area (Å²) in [4.78, 5) is 17.5. The maximum absolute atomic E-state index is 12.9. The largest absolute Gasteiger partial charge is 0.334 e. The number of benzene rings is 1. The smallest absolute Gasteiger partial charge is 0.254 e. The fraction of sp³-hybridized carbons (Fsp3) is 0.588. The highest BCUT2D eigenvalue weighted by atomic mass is 35.5. The lowest BCUT2D eigenvalue weighted by Gasteiger charge is -2.32. The van der Waals surface area contributed by atoms with E-state index in [0.717, 1.165) is 36.6 Å². The summed E-state index contributed by atoms with van der Waals surface area (Å²) in [7, 11) is 0. The monoisotopic (exact) mass is 338 g/mol. The zero-order valence-electron chi connectivity index (χ0n) is 12.8.